The normalized spacial score (nSPS) is 11.2. The molecule has 96 valence electrons. The molecule has 2 N–H and O–H groups in total. The summed E-state index contributed by atoms with van der Waals surface area (Å²) < 4.78 is 30.7. The zero-order valence-electron chi connectivity index (χ0n) is 9.62. The molecule has 0 aliphatic heterocycles. The highest BCUT2D eigenvalue weighted by Gasteiger charge is 2.15. The molecule has 2 aromatic rings. The lowest BCUT2D eigenvalue weighted by molar-refractivity contribution is 0.420. The second kappa shape index (κ2) is 5.05. The highest BCUT2D eigenvalue weighted by atomic mass is 32.2. The van der Waals surface area contributed by atoms with Crippen molar-refractivity contribution in [1.29, 1.82) is 0 Å². The summed E-state index contributed by atoms with van der Waals surface area (Å²) in [5.74, 6) is 0.626. The Morgan fingerprint density at radius 1 is 1.33 bits per heavy atom. The Kier molecular flexibility index (Phi) is 3.47. The van der Waals surface area contributed by atoms with Crippen LogP contribution in [-0.2, 0) is 10.0 Å². The number of rotatable bonds is 5. The van der Waals surface area contributed by atoms with Gasteiger partial charge in [-0.3, -0.25) is 4.72 Å². The van der Waals surface area contributed by atoms with E-state index < -0.39 is 10.0 Å². The van der Waals surface area contributed by atoms with Crippen LogP contribution in [0.5, 0.6) is 0 Å². The van der Waals surface area contributed by atoms with Crippen LogP contribution in [0, 0.1) is 0 Å². The minimum atomic E-state index is -3.66. The van der Waals surface area contributed by atoms with Crippen LogP contribution in [0.15, 0.2) is 40.2 Å². The van der Waals surface area contributed by atoms with E-state index in [4.69, 9.17) is 0 Å². The van der Waals surface area contributed by atoms with Crippen molar-refractivity contribution in [3.63, 3.8) is 0 Å². The summed E-state index contributed by atoms with van der Waals surface area (Å²) >= 11 is 0. The van der Waals surface area contributed by atoms with Crippen LogP contribution in [0.1, 0.15) is 6.92 Å². The van der Waals surface area contributed by atoms with Crippen molar-refractivity contribution in [1.82, 2.24) is 10.1 Å². The Morgan fingerprint density at radius 2 is 2.17 bits per heavy atom. The number of nitrogens with one attached hydrogen (secondary N) is 2. The van der Waals surface area contributed by atoms with E-state index in [-0.39, 0.29) is 10.6 Å². The van der Waals surface area contributed by atoms with Crippen molar-refractivity contribution in [3.8, 4) is 0 Å². The molecule has 0 aliphatic carbocycles. The first-order valence-corrected chi connectivity index (χ1v) is 6.72. The summed E-state index contributed by atoms with van der Waals surface area (Å²) in [7, 11) is -3.66. The van der Waals surface area contributed by atoms with Gasteiger partial charge in [0, 0.05) is 12.7 Å². The van der Waals surface area contributed by atoms with Crippen molar-refractivity contribution < 1.29 is 12.9 Å². The summed E-state index contributed by atoms with van der Waals surface area (Å²) in [6.45, 7) is 2.65. The third-order valence-corrected chi connectivity index (χ3v) is 3.46. The number of hydrogen-bond acceptors (Lipinski definition) is 6. The fourth-order valence-electron chi connectivity index (χ4n) is 1.29. The quantitative estimate of drug-likeness (QED) is 0.848. The van der Waals surface area contributed by atoms with E-state index in [0.717, 1.165) is 6.54 Å². The van der Waals surface area contributed by atoms with E-state index in [1.54, 1.807) is 6.07 Å². The summed E-state index contributed by atoms with van der Waals surface area (Å²) in [4.78, 5) is 4.07. The maximum atomic E-state index is 11.9. The molecular formula is C10H12N4O3S. The Bertz CT molecular complexity index is 593. The molecule has 0 radical (unpaired) electrons. The van der Waals surface area contributed by atoms with E-state index in [9.17, 15) is 8.42 Å². The van der Waals surface area contributed by atoms with Crippen LogP contribution in [-0.4, -0.2) is 25.1 Å². The topological polar surface area (TPSA) is 97.1 Å². The standard InChI is InChI=1S/C10H12N4O3S/c1-2-11-10-4-3-9(6-12-10)18(15,16)14-8-5-13-17-7-8/h3-7,14H,2H2,1H3,(H,11,12). The molecule has 0 atom stereocenters. The molecule has 2 heterocycles. The summed E-state index contributed by atoms with van der Waals surface area (Å²) in [6.07, 6.45) is 3.77. The molecule has 8 heteroatoms. The van der Waals surface area contributed by atoms with Crippen LogP contribution in [0.2, 0.25) is 0 Å². The molecule has 0 spiro atoms. The summed E-state index contributed by atoms with van der Waals surface area (Å²) in [5, 5.41) is 6.39. The van der Waals surface area contributed by atoms with Gasteiger partial charge in [-0.1, -0.05) is 5.16 Å². The lowest BCUT2D eigenvalue weighted by Gasteiger charge is -2.06. The molecule has 7 nitrogen and oxygen atoms in total. The summed E-state index contributed by atoms with van der Waals surface area (Å²) in [5.41, 5.74) is 0.269. The van der Waals surface area contributed by atoms with Gasteiger partial charge in [-0.05, 0) is 19.1 Å². The molecule has 0 amide bonds. The molecule has 0 saturated heterocycles. The van der Waals surface area contributed by atoms with Crippen LogP contribution >= 0.6 is 0 Å². The van der Waals surface area contributed by atoms with E-state index in [1.807, 2.05) is 6.92 Å². The Balaban J connectivity index is 2.19. The second-order valence-electron chi connectivity index (χ2n) is 3.43. The van der Waals surface area contributed by atoms with Crippen molar-refractivity contribution in [2.24, 2.45) is 0 Å². The molecule has 0 unspecified atom stereocenters. The third-order valence-electron chi connectivity index (χ3n) is 2.09. The zero-order valence-corrected chi connectivity index (χ0v) is 10.4. The first-order valence-electron chi connectivity index (χ1n) is 5.24. The number of hydrogen-bond donors (Lipinski definition) is 2. The SMILES string of the molecule is CCNc1ccc(S(=O)(=O)Nc2cnoc2)cn1. The van der Waals surface area contributed by atoms with E-state index in [2.05, 4.69) is 24.7 Å². The first kappa shape index (κ1) is 12.4. The average Bonchev–Trinajstić information content (AvgIpc) is 2.82. The lowest BCUT2D eigenvalue weighted by Crippen LogP contribution is -2.13. The molecule has 0 bridgehead atoms. The smallest absolute Gasteiger partial charge is 0.263 e. The van der Waals surface area contributed by atoms with E-state index in [1.165, 1.54) is 24.7 Å². The van der Waals surface area contributed by atoms with Gasteiger partial charge in [-0.2, -0.15) is 0 Å². The Hall–Kier alpha value is -2.09. The zero-order chi connectivity index (χ0) is 13.0. The minimum absolute atomic E-state index is 0.0744. The molecule has 0 saturated carbocycles. The van der Waals surface area contributed by atoms with Gasteiger partial charge in [0.05, 0.1) is 6.20 Å². The Morgan fingerprint density at radius 3 is 2.72 bits per heavy atom. The van der Waals surface area contributed by atoms with Gasteiger partial charge in [-0.25, -0.2) is 13.4 Å². The maximum absolute atomic E-state index is 11.9. The number of pyridine rings is 1. The van der Waals surface area contributed by atoms with Gasteiger partial charge in [-0.15, -0.1) is 0 Å². The fourth-order valence-corrected chi connectivity index (χ4v) is 2.26. The number of nitrogens with zero attached hydrogens (tertiary/aromatic N) is 2. The molecule has 2 rings (SSSR count). The molecule has 2 aromatic heterocycles. The van der Waals surface area contributed by atoms with Gasteiger partial charge >= 0.3 is 0 Å². The van der Waals surface area contributed by atoms with Gasteiger partial charge in [0.1, 0.15) is 22.7 Å². The predicted octanol–water partition coefficient (Wildman–Crippen LogP) is 1.30. The van der Waals surface area contributed by atoms with Gasteiger partial charge in [0.25, 0.3) is 10.0 Å². The third kappa shape index (κ3) is 2.77. The van der Waals surface area contributed by atoms with Gasteiger partial charge < -0.3 is 9.84 Å². The van der Waals surface area contributed by atoms with Crippen molar-refractivity contribution >= 4 is 21.5 Å². The number of aromatic nitrogens is 2. The van der Waals surface area contributed by atoms with Gasteiger partial charge in [0.15, 0.2) is 0 Å². The predicted molar refractivity (Wildman–Crippen MR) is 65.7 cm³/mol. The molecule has 0 fully saturated rings. The van der Waals surface area contributed by atoms with Crippen molar-refractivity contribution in [2.75, 3.05) is 16.6 Å². The van der Waals surface area contributed by atoms with Crippen LogP contribution in [0.3, 0.4) is 0 Å². The minimum Gasteiger partial charge on any atom is -0.370 e. The van der Waals surface area contributed by atoms with E-state index in [0.29, 0.717) is 5.82 Å². The highest BCUT2D eigenvalue weighted by molar-refractivity contribution is 7.92. The van der Waals surface area contributed by atoms with Crippen molar-refractivity contribution in [2.45, 2.75) is 11.8 Å². The highest BCUT2D eigenvalue weighted by Crippen LogP contribution is 2.15. The molecular weight excluding hydrogens is 256 g/mol. The second-order valence-corrected chi connectivity index (χ2v) is 5.11. The van der Waals surface area contributed by atoms with Crippen LogP contribution in [0.4, 0.5) is 11.5 Å². The monoisotopic (exact) mass is 268 g/mol. The Labute approximate surface area is 104 Å². The molecule has 0 aromatic carbocycles. The largest absolute Gasteiger partial charge is 0.370 e. The maximum Gasteiger partial charge on any atom is 0.263 e. The van der Waals surface area contributed by atoms with Crippen LogP contribution in [0.25, 0.3) is 0 Å². The average molecular weight is 268 g/mol. The first-order chi connectivity index (χ1) is 8.62. The number of anilines is 2. The lowest BCUT2D eigenvalue weighted by atomic mass is 10.4. The van der Waals surface area contributed by atoms with Crippen LogP contribution < -0.4 is 10.0 Å². The van der Waals surface area contributed by atoms with E-state index >= 15 is 0 Å². The summed E-state index contributed by atoms with van der Waals surface area (Å²) in [6, 6.07) is 3.08. The fraction of sp³-hybridized carbons (Fsp3) is 0.200. The van der Waals surface area contributed by atoms with Gasteiger partial charge in [0.2, 0.25) is 0 Å². The van der Waals surface area contributed by atoms with Crippen molar-refractivity contribution in [3.05, 3.63) is 30.8 Å². The molecule has 18 heavy (non-hydrogen) atoms. The number of sulfonamides is 1. The molecule has 0 aliphatic rings.